The summed E-state index contributed by atoms with van der Waals surface area (Å²) in [7, 11) is 3.34. The van der Waals surface area contributed by atoms with Crippen molar-refractivity contribution in [2.45, 2.75) is 12.8 Å². The molecule has 1 aliphatic rings. The van der Waals surface area contributed by atoms with E-state index < -0.39 is 4.92 Å². The van der Waals surface area contributed by atoms with Gasteiger partial charge in [0.05, 0.1) is 12.0 Å². The maximum absolute atomic E-state index is 11.1. The van der Waals surface area contributed by atoms with Crippen LogP contribution in [0.4, 0.5) is 11.5 Å². The summed E-state index contributed by atoms with van der Waals surface area (Å²) in [4.78, 5) is 16.8. The lowest BCUT2D eigenvalue weighted by molar-refractivity contribution is -0.384. The number of ether oxygens (including phenoxy) is 1. The maximum Gasteiger partial charge on any atom is 0.311 e. The van der Waals surface area contributed by atoms with Crippen LogP contribution in [0.25, 0.3) is 0 Å². The number of methoxy groups -OCH3 is 1. The third kappa shape index (κ3) is 3.36. The Labute approximate surface area is 118 Å². The summed E-state index contributed by atoms with van der Waals surface area (Å²) in [6, 6.07) is 2.95. The van der Waals surface area contributed by atoms with E-state index in [2.05, 4.69) is 10.3 Å². The van der Waals surface area contributed by atoms with E-state index in [4.69, 9.17) is 4.74 Å². The molecule has 1 aromatic rings. The van der Waals surface area contributed by atoms with Crippen molar-refractivity contribution in [2.24, 2.45) is 5.92 Å². The van der Waals surface area contributed by atoms with E-state index in [1.54, 1.807) is 0 Å². The molecule has 0 aliphatic carbocycles. The van der Waals surface area contributed by atoms with E-state index in [1.807, 2.05) is 11.9 Å². The minimum atomic E-state index is -0.405. The van der Waals surface area contributed by atoms with E-state index in [9.17, 15) is 10.1 Å². The molecule has 1 fully saturated rings. The molecule has 1 saturated heterocycles. The van der Waals surface area contributed by atoms with E-state index in [0.717, 1.165) is 32.5 Å². The molecule has 110 valence electrons. The van der Waals surface area contributed by atoms with Crippen molar-refractivity contribution in [2.75, 3.05) is 38.7 Å². The number of hydrogen-bond donors (Lipinski definition) is 1. The van der Waals surface area contributed by atoms with Gasteiger partial charge >= 0.3 is 5.69 Å². The predicted octanol–water partition coefficient (Wildman–Crippen LogP) is 1.43. The predicted molar refractivity (Wildman–Crippen MR) is 76.3 cm³/mol. The van der Waals surface area contributed by atoms with Crippen LogP contribution >= 0.6 is 0 Å². The van der Waals surface area contributed by atoms with E-state index in [1.165, 1.54) is 19.2 Å². The van der Waals surface area contributed by atoms with Crippen molar-refractivity contribution in [3.63, 3.8) is 0 Å². The van der Waals surface area contributed by atoms with E-state index in [0.29, 0.717) is 17.6 Å². The fraction of sp³-hybridized carbons (Fsp3) is 0.615. The Morgan fingerprint density at radius 1 is 1.60 bits per heavy atom. The molecule has 0 radical (unpaired) electrons. The van der Waals surface area contributed by atoms with Gasteiger partial charge < -0.3 is 15.0 Å². The summed E-state index contributed by atoms with van der Waals surface area (Å²) in [6.07, 6.45) is 2.28. The number of hydrogen-bond acceptors (Lipinski definition) is 6. The summed E-state index contributed by atoms with van der Waals surface area (Å²) in [5.41, 5.74) is 0.0112. The number of rotatable bonds is 5. The highest BCUT2D eigenvalue weighted by Crippen LogP contribution is 2.28. The lowest BCUT2D eigenvalue weighted by atomic mass is 9.99. The van der Waals surface area contributed by atoms with Crippen LogP contribution in [0.2, 0.25) is 0 Å². The van der Waals surface area contributed by atoms with Crippen LogP contribution < -0.4 is 15.0 Å². The fourth-order valence-electron chi connectivity index (χ4n) is 2.51. The highest BCUT2D eigenvalue weighted by molar-refractivity contribution is 5.58. The normalized spacial score (nSPS) is 18.6. The highest BCUT2D eigenvalue weighted by Gasteiger charge is 2.23. The second-order valence-electron chi connectivity index (χ2n) is 5.05. The molecule has 1 aromatic heterocycles. The van der Waals surface area contributed by atoms with Gasteiger partial charge in [0.15, 0.2) is 0 Å². The average Bonchev–Trinajstić information content (AvgIpc) is 2.47. The molecule has 1 aliphatic heterocycles. The first-order valence-corrected chi connectivity index (χ1v) is 6.73. The second kappa shape index (κ2) is 6.51. The van der Waals surface area contributed by atoms with Crippen LogP contribution in [0.1, 0.15) is 12.8 Å². The van der Waals surface area contributed by atoms with Gasteiger partial charge in [-0.15, -0.1) is 0 Å². The van der Waals surface area contributed by atoms with Crippen LogP contribution in [0.5, 0.6) is 5.88 Å². The number of anilines is 1. The lowest BCUT2D eigenvalue weighted by Crippen LogP contribution is -2.37. The molecule has 1 N–H and O–H groups in total. The van der Waals surface area contributed by atoms with Crippen LogP contribution in [0, 0.1) is 16.0 Å². The average molecular weight is 280 g/mol. The molecule has 20 heavy (non-hydrogen) atoms. The zero-order chi connectivity index (χ0) is 14.5. The third-order valence-corrected chi connectivity index (χ3v) is 3.53. The SMILES string of the molecule is COc1ccc([N+](=O)[O-])c(N(C)CC2CCCNC2)n1. The Morgan fingerprint density at radius 2 is 2.40 bits per heavy atom. The molecule has 0 aromatic carbocycles. The third-order valence-electron chi connectivity index (χ3n) is 3.53. The van der Waals surface area contributed by atoms with Crippen molar-refractivity contribution in [1.29, 1.82) is 0 Å². The Morgan fingerprint density at radius 3 is 3.00 bits per heavy atom. The van der Waals surface area contributed by atoms with E-state index in [-0.39, 0.29) is 5.69 Å². The van der Waals surface area contributed by atoms with Gasteiger partial charge in [-0.2, -0.15) is 4.98 Å². The topological polar surface area (TPSA) is 80.5 Å². The van der Waals surface area contributed by atoms with Gasteiger partial charge in [-0.05, 0) is 31.8 Å². The standard InChI is InChI=1S/C13H20N4O3/c1-16(9-10-4-3-7-14-8-10)13-11(17(18)19)5-6-12(15-13)20-2/h5-6,10,14H,3-4,7-9H2,1-2H3. The van der Waals surface area contributed by atoms with Gasteiger partial charge in [0.2, 0.25) is 11.7 Å². The molecule has 1 atom stereocenters. The maximum atomic E-state index is 11.1. The van der Waals surface area contributed by atoms with Crippen LogP contribution in [0.3, 0.4) is 0 Å². The van der Waals surface area contributed by atoms with Gasteiger partial charge in [-0.1, -0.05) is 0 Å². The molecule has 1 unspecified atom stereocenters. The Balaban J connectivity index is 2.17. The Bertz CT molecular complexity index is 475. The molecule has 2 rings (SSSR count). The van der Waals surface area contributed by atoms with Crippen LogP contribution in [0.15, 0.2) is 12.1 Å². The summed E-state index contributed by atoms with van der Waals surface area (Å²) in [5.74, 6) is 1.24. The second-order valence-corrected chi connectivity index (χ2v) is 5.05. The summed E-state index contributed by atoms with van der Waals surface area (Å²) in [6.45, 7) is 2.74. The van der Waals surface area contributed by atoms with Gasteiger partial charge in [0, 0.05) is 25.7 Å². The van der Waals surface area contributed by atoms with Crippen molar-refractivity contribution in [3.05, 3.63) is 22.2 Å². The number of nitro groups is 1. The molecule has 2 heterocycles. The molecule has 7 heteroatoms. The van der Waals surface area contributed by atoms with Crippen molar-refractivity contribution >= 4 is 11.5 Å². The zero-order valence-electron chi connectivity index (χ0n) is 11.8. The number of nitrogens with zero attached hydrogens (tertiary/aromatic N) is 3. The fourth-order valence-corrected chi connectivity index (χ4v) is 2.51. The van der Waals surface area contributed by atoms with Crippen molar-refractivity contribution in [3.8, 4) is 5.88 Å². The number of aromatic nitrogens is 1. The van der Waals surface area contributed by atoms with Crippen molar-refractivity contribution < 1.29 is 9.66 Å². The lowest BCUT2D eigenvalue weighted by Gasteiger charge is -2.28. The molecular weight excluding hydrogens is 260 g/mol. The first-order chi connectivity index (χ1) is 9.61. The highest BCUT2D eigenvalue weighted by atomic mass is 16.6. The molecule has 0 spiro atoms. The monoisotopic (exact) mass is 280 g/mol. The zero-order valence-corrected chi connectivity index (χ0v) is 11.8. The number of nitrogens with one attached hydrogen (secondary N) is 1. The molecule has 0 bridgehead atoms. The summed E-state index contributed by atoms with van der Waals surface area (Å²) >= 11 is 0. The quantitative estimate of drug-likeness (QED) is 0.649. The number of piperidine rings is 1. The minimum Gasteiger partial charge on any atom is -0.481 e. The van der Waals surface area contributed by atoms with Crippen LogP contribution in [-0.4, -0.2) is 43.7 Å². The van der Waals surface area contributed by atoms with E-state index >= 15 is 0 Å². The summed E-state index contributed by atoms with van der Waals surface area (Å²) in [5, 5.41) is 14.4. The van der Waals surface area contributed by atoms with Crippen LogP contribution in [-0.2, 0) is 0 Å². The van der Waals surface area contributed by atoms with Gasteiger partial charge in [0.25, 0.3) is 0 Å². The van der Waals surface area contributed by atoms with Gasteiger partial charge in [-0.3, -0.25) is 10.1 Å². The minimum absolute atomic E-state index is 0.0112. The molecule has 0 amide bonds. The van der Waals surface area contributed by atoms with Gasteiger partial charge in [0.1, 0.15) is 0 Å². The Hall–Kier alpha value is -1.89. The molecule has 0 saturated carbocycles. The largest absolute Gasteiger partial charge is 0.481 e. The smallest absolute Gasteiger partial charge is 0.311 e. The first kappa shape index (κ1) is 14.5. The Kier molecular flexibility index (Phi) is 4.73. The summed E-state index contributed by atoms with van der Waals surface area (Å²) < 4.78 is 5.06. The van der Waals surface area contributed by atoms with Crippen molar-refractivity contribution in [1.82, 2.24) is 10.3 Å². The van der Waals surface area contributed by atoms with Gasteiger partial charge in [-0.25, -0.2) is 0 Å². The number of pyridine rings is 1. The molecule has 7 nitrogen and oxygen atoms in total. The first-order valence-electron chi connectivity index (χ1n) is 6.73. The molecular formula is C13H20N4O3.